The summed E-state index contributed by atoms with van der Waals surface area (Å²) in [7, 11) is 0. The van der Waals surface area contributed by atoms with Gasteiger partial charge >= 0.3 is 0 Å². The van der Waals surface area contributed by atoms with Gasteiger partial charge in [0.25, 0.3) is 0 Å². The largest absolute Gasteiger partial charge is 0.393 e. The van der Waals surface area contributed by atoms with Crippen LogP contribution in [0.2, 0.25) is 0 Å². The second-order valence-corrected chi connectivity index (χ2v) is 6.32. The highest BCUT2D eigenvalue weighted by Crippen LogP contribution is 2.65. The van der Waals surface area contributed by atoms with Gasteiger partial charge in [-0.15, -0.1) is 0 Å². The van der Waals surface area contributed by atoms with E-state index in [1.807, 2.05) is 0 Å². The van der Waals surface area contributed by atoms with Gasteiger partial charge in [-0.05, 0) is 48.9 Å². The van der Waals surface area contributed by atoms with E-state index in [0.29, 0.717) is 10.8 Å². The highest BCUT2D eigenvalue weighted by atomic mass is 16.3. The minimum absolute atomic E-state index is 0.0311. The third-order valence-corrected chi connectivity index (χ3v) is 3.84. The maximum Gasteiger partial charge on any atom is 0.0550 e. The van der Waals surface area contributed by atoms with Gasteiger partial charge in [-0.1, -0.05) is 20.8 Å². The van der Waals surface area contributed by atoms with Crippen LogP contribution in [0, 0.1) is 16.7 Å². The number of aliphatic hydroxyl groups excluding tert-OH is 1. The molecular weight excluding hydrogens is 160 g/mol. The number of hydrogen-bond acceptors (Lipinski definition) is 1. The second kappa shape index (κ2) is 2.73. The van der Waals surface area contributed by atoms with Crippen LogP contribution < -0.4 is 0 Å². The number of hydrogen-bond donors (Lipinski definition) is 1. The molecule has 0 aromatic rings. The molecule has 1 nitrogen and oxygen atoms in total. The predicted octanol–water partition coefficient (Wildman–Crippen LogP) is 2.97. The average Bonchev–Trinajstić information content (AvgIpc) is 1.78. The Kier molecular flexibility index (Phi) is 1.99. The molecule has 0 radical (unpaired) electrons. The Morgan fingerprint density at radius 1 is 1.31 bits per heavy atom. The maximum atomic E-state index is 9.30. The Labute approximate surface area is 81.5 Å². The van der Waals surface area contributed by atoms with E-state index in [4.69, 9.17) is 0 Å². The van der Waals surface area contributed by atoms with Gasteiger partial charge in [0.05, 0.1) is 6.10 Å². The zero-order valence-electron chi connectivity index (χ0n) is 9.14. The highest BCUT2D eigenvalue weighted by Gasteiger charge is 2.57. The molecule has 1 N–H and O–H groups in total. The Morgan fingerprint density at radius 2 is 1.85 bits per heavy atom. The van der Waals surface area contributed by atoms with E-state index in [9.17, 15) is 5.11 Å². The van der Waals surface area contributed by atoms with Gasteiger partial charge in [-0.2, -0.15) is 0 Å². The Morgan fingerprint density at radius 3 is 2.23 bits per heavy atom. The van der Waals surface area contributed by atoms with E-state index in [0.717, 1.165) is 18.8 Å². The quantitative estimate of drug-likeness (QED) is 0.696. The van der Waals surface area contributed by atoms with E-state index in [2.05, 4.69) is 20.8 Å². The topological polar surface area (TPSA) is 20.2 Å². The molecule has 0 bridgehead atoms. The Bertz CT molecular complexity index is 193. The lowest BCUT2D eigenvalue weighted by Gasteiger charge is -2.62. The van der Waals surface area contributed by atoms with Crippen molar-refractivity contribution < 1.29 is 5.11 Å². The van der Waals surface area contributed by atoms with Crippen LogP contribution in [0.1, 0.15) is 52.9 Å². The molecule has 0 aromatic carbocycles. The molecule has 0 atom stereocenters. The molecule has 76 valence electrons. The summed E-state index contributed by atoms with van der Waals surface area (Å²) in [6.07, 6.45) is 6.31. The molecule has 2 rings (SSSR count). The third kappa shape index (κ3) is 1.63. The molecule has 2 saturated carbocycles. The lowest BCUT2D eigenvalue weighted by Crippen LogP contribution is -2.54. The van der Waals surface area contributed by atoms with Crippen molar-refractivity contribution in [1.29, 1.82) is 0 Å². The van der Waals surface area contributed by atoms with Gasteiger partial charge in [0.15, 0.2) is 0 Å². The van der Waals surface area contributed by atoms with Crippen LogP contribution in [-0.4, -0.2) is 11.2 Å². The summed E-state index contributed by atoms with van der Waals surface area (Å²) >= 11 is 0. The van der Waals surface area contributed by atoms with E-state index < -0.39 is 0 Å². The molecule has 0 unspecified atom stereocenters. The molecule has 13 heavy (non-hydrogen) atoms. The fraction of sp³-hybridized carbons (Fsp3) is 1.00. The summed E-state index contributed by atoms with van der Waals surface area (Å²) in [5, 5.41) is 9.30. The van der Waals surface area contributed by atoms with Crippen LogP contribution in [0.3, 0.4) is 0 Å². The van der Waals surface area contributed by atoms with E-state index in [1.165, 1.54) is 19.3 Å². The molecule has 0 saturated heterocycles. The summed E-state index contributed by atoms with van der Waals surface area (Å²) in [4.78, 5) is 0. The lowest BCUT2D eigenvalue weighted by molar-refractivity contribution is -0.153. The summed E-state index contributed by atoms with van der Waals surface area (Å²) < 4.78 is 0. The predicted molar refractivity (Wildman–Crippen MR) is 54.5 cm³/mol. The highest BCUT2D eigenvalue weighted by molar-refractivity contribution is 5.08. The molecule has 1 spiro atoms. The van der Waals surface area contributed by atoms with Crippen molar-refractivity contribution in [3.8, 4) is 0 Å². The normalized spacial score (nSPS) is 49.2. The van der Waals surface area contributed by atoms with Crippen molar-refractivity contribution >= 4 is 0 Å². The van der Waals surface area contributed by atoms with E-state index >= 15 is 0 Å². The van der Waals surface area contributed by atoms with Gasteiger partial charge in [0.1, 0.15) is 0 Å². The van der Waals surface area contributed by atoms with Crippen LogP contribution in [-0.2, 0) is 0 Å². The summed E-state index contributed by atoms with van der Waals surface area (Å²) in [6.45, 7) is 7.04. The van der Waals surface area contributed by atoms with Crippen molar-refractivity contribution in [2.24, 2.45) is 16.7 Å². The molecule has 0 amide bonds. The standard InChI is InChI=1S/C12H22O/c1-9(2)4-11(3)7-12(8-11)5-10(13)6-12/h9-10,13H,4-8H2,1-3H3. The second-order valence-electron chi connectivity index (χ2n) is 6.32. The van der Waals surface area contributed by atoms with Gasteiger partial charge in [0, 0.05) is 0 Å². The number of aliphatic hydroxyl groups is 1. The van der Waals surface area contributed by atoms with Crippen molar-refractivity contribution in [2.45, 2.75) is 59.0 Å². The monoisotopic (exact) mass is 182 g/mol. The van der Waals surface area contributed by atoms with Gasteiger partial charge in [-0.3, -0.25) is 0 Å². The first kappa shape index (κ1) is 9.51. The molecular formula is C12H22O. The molecule has 0 heterocycles. The van der Waals surface area contributed by atoms with Crippen LogP contribution in [0.5, 0.6) is 0 Å². The van der Waals surface area contributed by atoms with Crippen LogP contribution in [0.4, 0.5) is 0 Å². The minimum atomic E-state index is 0.0311. The van der Waals surface area contributed by atoms with Gasteiger partial charge in [0.2, 0.25) is 0 Å². The SMILES string of the molecule is CC(C)CC1(C)CC2(CC(O)C2)C1. The van der Waals surface area contributed by atoms with Crippen molar-refractivity contribution in [3.63, 3.8) is 0 Å². The van der Waals surface area contributed by atoms with Crippen molar-refractivity contribution in [1.82, 2.24) is 0 Å². The van der Waals surface area contributed by atoms with Crippen molar-refractivity contribution in [3.05, 3.63) is 0 Å². The smallest absolute Gasteiger partial charge is 0.0550 e. The average molecular weight is 182 g/mol. The molecule has 1 heteroatoms. The zero-order valence-corrected chi connectivity index (χ0v) is 9.14. The number of rotatable bonds is 2. The van der Waals surface area contributed by atoms with E-state index in [1.54, 1.807) is 0 Å². The summed E-state index contributed by atoms with van der Waals surface area (Å²) in [6, 6.07) is 0. The Hall–Kier alpha value is -0.0400. The Balaban J connectivity index is 1.83. The molecule has 2 aliphatic rings. The summed E-state index contributed by atoms with van der Waals surface area (Å²) in [5.41, 5.74) is 1.19. The first-order valence-electron chi connectivity index (χ1n) is 5.61. The summed E-state index contributed by atoms with van der Waals surface area (Å²) in [5.74, 6) is 0.826. The lowest BCUT2D eigenvalue weighted by atomic mass is 9.44. The molecule has 2 aliphatic carbocycles. The van der Waals surface area contributed by atoms with E-state index in [-0.39, 0.29) is 6.10 Å². The molecule has 2 fully saturated rings. The third-order valence-electron chi connectivity index (χ3n) is 3.84. The van der Waals surface area contributed by atoms with Crippen molar-refractivity contribution in [2.75, 3.05) is 0 Å². The fourth-order valence-electron chi connectivity index (χ4n) is 4.12. The van der Waals surface area contributed by atoms with Gasteiger partial charge in [-0.25, -0.2) is 0 Å². The van der Waals surface area contributed by atoms with Crippen LogP contribution >= 0.6 is 0 Å². The fourth-order valence-corrected chi connectivity index (χ4v) is 4.12. The minimum Gasteiger partial charge on any atom is -0.393 e. The zero-order chi connectivity index (χ0) is 9.69. The first-order valence-corrected chi connectivity index (χ1v) is 5.61. The van der Waals surface area contributed by atoms with Gasteiger partial charge < -0.3 is 5.11 Å². The maximum absolute atomic E-state index is 9.30. The van der Waals surface area contributed by atoms with Crippen LogP contribution in [0.25, 0.3) is 0 Å². The first-order chi connectivity index (χ1) is 5.93. The molecule has 0 aromatic heterocycles. The van der Waals surface area contributed by atoms with Crippen LogP contribution in [0.15, 0.2) is 0 Å². The molecule has 0 aliphatic heterocycles.